The van der Waals surface area contributed by atoms with Gasteiger partial charge in [0.15, 0.2) is 0 Å². The van der Waals surface area contributed by atoms with Crippen LogP contribution in [0.25, 0.3) is 11.3 Å². The average molecular weight is 465 g/mol. The van der Waals surface area contributed by atoms with Crippen molar-refractivity contribution in [3.8, 4) is 11.3 Å². The van der Waals surface area contributed by atoms with E-state index in [2.05, 4.69) is 10.4 Å². The number of hydrogen-bond donors (Lipinski definition) is 1. The zero-order chi connectivity index (χ0) is 22.8. The highest BCUT2D eigenvalue weighted by molar-refractivity contribution is 6.30. The number of ether oxygens (including phenoxy) is 1. The molecule has 170 valence electrons. The Morgan fingerprint density at radius 2 is 2.03 bits per heavy atom. The third kappa shape index (κ3) is 4.79. The Morgan fingerprint density at radius 1 is 1.18 bits per heavy atom. The summed E-state index contributed by atoms with van der Waals surface area (Å²) in [5, 5.41) is 8.26. The predicted octanol–water partition coefficient (Wildman–Crippen LogP) is 4.05. The maximum absolute atomic E-state index is 12.7. The van der Waals surface area contributed by atoms with Gasteiger partial charge in [0.05, 0.1) is 24.9 Å². The molecule has 2 aliphatic heterocycles. The highest BCUT2D eigenvalue weighted by Crippen LogP contribution is 2.30. The van der Waals surface area contributed by atoms with Gasteiger partial charge in [-0.05, 0) is 42.7 Å². The molecule has 1 atom stereocenters. The number of rotatable bonds is 6. The van der Waals surface area contributed by atoms with E-state index >= 15 is 0 Å². The topological polar surface area (TPSA) is 76.5 Å². The number of nitrogens with zero attached hydrogens (tertiary/aromatic N) is 3. The maximum atomic E-state index is 12.7. The molecule has 3 aromatic rings. The molecule has 2 aromatic carbocycles. The van der Waals surface area contributed by atoms with Crippen LogP contribution in [-0.2, 0) is 22.6 Å². The fraction of sp³-hybridized carbons (Fsp3) is 0.320. The minimum atomic E-state index is -0.115. The first-order chi connectivity index (χ1) is 16.1. The summed E-state index contributed by atoms with van der Waals surface area (Å²) in [6.07, 6.45) is 2.54. The largest absolute Gasteiger partial charge is 0.376 e. The molecule has 33 heavy (non-hydrogen) atoms. The van der Waals surface area contributed by atoms with Gasteiger partial charge in [0, 0.05) is 41.8 Å². The van der Waals surface area contributed by atoms with E-state index < -0.39 is 0 Å². The Balaban J connectivity index is 1.29. The predicted molar refractivity (Wildman–Crippen MR) is 126 cm³/mol. The number of aryl methyl sites for hydroxylation is 1. The van der Waals surface area contributed by atoms with Crippen LogP contribution in [0.2, 0.25) is 5.02 Å². The summed E-state index contributed by atoms with van der Waals surface area (Å²) in [6.45, 7) is 2.26. The standard InChI is InChI=1S/C25H25ClN4O3/c26-20-4-1-3-19(13-20)22-14-23-29(24(31)10-11-30(23)28-22)16-17-6-8-18(9-7-17)25(32)27-15-21-5-2-12-33-21/h1,3-4,6-9,13-14,21H,2,5,10-12,15-16H2,(H,27,32). The molecular weight excluding hydrogens is 440 g/mol. The molecule has 8 heteroatoms. The van der Waals surface area contributed by atoms with Crippen molar-refractivity contribution in [2.75, 3.05) is 18.1 Å². The summed E-state index contributed by atoms with van der Waals surface area (Å²) in [4.78, 5) is 26.9. The third-order valence-electron chi connectivity index (χ3n) is 6.07. The second kappa shape index (κ2) is 9.37. The van der Waals surface area contributed by atoms with Crippen LogP contribution in [0.4, 0.5) is 5.82 Å². The summed E-state index contributed by atoms with van der Waals surface area (Å²) in [7, 11) is 0. The van der Waals surface area contributed by atoms with E-state index in [1.807, 2.05) is 47.1 Å². The molecule has 2 aliphatic rings. The lowest BCUT2D eigenvalue weighted by Crippen LogP contribution is -2.37. The normalized spacial score (nSPS) is 17.8. The molecule has 7 nitrogen and oxygen atoms in total. The number of anilines is 1. The minimum absolute atomic E-state index is 0.0541. The number of amides is 2. The number of carbonyl (C=O) groups excluding carboxylic acids is 2. The zero-order valence-corrected chi connectivity index (χ0v) is 18.9. The minimum Gasteiger partial charge on any atom is -0.376 e. The van der Waals surface area contributed by atoms with Gasteiger partial charge in [-0.2, -0.15) is 5.10 Å². The molecule has 5 rings (SSSR count). The van der Waals surface area contributed by atoms with Gasteiger partial charge in [0.2, 0.25) is 5.91 Å². The van der Waals surface area contributed by atoms with Crippen molar-refractivity contribution in [3.05, 3.63) is 70.7 Å². The van der Waals surface area contributed by atoms with Crippen molar-refractivity contribution < 1.29 is 14.3 Å². The van der Waals surface area contributed by atoms with E-state index in [1.54, 1.807) is 17.0 Å². The Bertz CT molecular complexity index is 1170. The van der Waals surface area contributed by atoms with Gasteiger partial charge in [-0.1, -0.05) is 35.9 Å². The van der Waals surface area contributed by atoms with Crippen LogP contribution >= 0.6 is 11.6 Å². The monoisotopic (exact) mass is 464 g/mol. The van der Waals surface area contributed by atoms with Crippen molar-refractivity contribution in [2.24, 2.45) is 0 Å². The molecule has 1 aromatic heterocycles. The number of carbonyl (C=O) groups is 2. The van der Waals surface area contributed by atoms with Crippen molar-refractivity contribution in [2.45, 2.75) is 38.5 Å². The number of benzene rings is 2. The Kier molecular flexibility index (Phi) is 6.15. The molecule has 0 spiro atoms. The van der Waals surface area contributed by atoms with Crippen LogP contribution in [0.5, 0.6) is 0 Å². The van der Waals surface area contributed by atoms with Crippen LogP contribution in [0, 0.1) is 0 Å². The van der Waals surface area contributed by atoms with Crippen molar-refractivity contribution in [1.29, 1.82) is 0 Å². The first-order valence-corrected chi connectivity index (χ1v) is 11.6. The molecule has 0 saturated carbocycles. The molecule has 0 aliphatic carbocycles. The van der Waals surface area contributed by atoms with Crippen LogP contribution in [0.1, 0.15) is 35.2 Å². The molecule has 0 radical (unpaired) electrons. The maximum Gasteiger partial charge on any atom is 0.251 e. The summed E-state index contributed by atoms with van der Waals surface area (Å²) in [5.41, 5.74) is 3.23. The quantitative estimate of drug-likeness (QED) is 0.597. The van der Waals surface area contributed by atoms with E-state index in [9.17, 15) is 9.59 Å². The van der Waals surface area contributed by atoms with Crippen LogP contribution in [-0.4, -0.2) is 40.9 Å². The molecular formula is C25H25ClN4O3. The molecule has 1 N–H and O–H groups in total. The van der Waals surface area contributed by atoms with Gasteiger partial charge in [0.1, 0.15) is 5.82 Å². The number of halogens is 1. The summed E-state index contributed by atoms with van der Waals surface area (Å²) in [5.74, 6) is 0.702. The van der Waals surface area contributed by atoms with Crippen molar-refractivity contribution in [3.63, 3.8) is 0 Å². The molecule has 1 unspecified atom stereocenters. The summed E-state index contributed by atoms with van der Waals surface area (Å²) in [6, 6.07) is 16.8. The molecule has 1 saturated heterocycles. The average Bonchev–Trinajstić information content (AvgIpc) is 3.50. The van der Waals surface area contributed by atoms with Gasteiger partial charge in [-0.15, -0.1) is 0 Å². The number of fused-ring (bicyclic) bond motifs is 1. The van der Waals surface area contributed by atoms with Gasteiger partial charge in [-0.25, -0.2) is 4.68 Å². The smallest absolute Gasteiger partial charge is 0.251 e. The van der Waals surface area contributed by atoms with Crippen LogP contribution in [0.3, 0.4) is 0 Å². The Morgan fingerprint density at radius 3 is 2.79 bits per heavy atom. The molecule has 1 fully saturated rings. The number of hydrogen-bond acceptors (Lipinski definition) is 4. The number of nitrogens with one attached hydrogen (secondary N) is 1. The van der Waals surface area contributed by atoms with Gasteiger partial charge >= 0.3 is 0 Å². The first-order valence-electron chi connectivity index (χ1n) is 11.2. The van der Waals surface area contributed by atoms with Gasteiger partial charge in [0.25, 0.3) is 5.91 Å². The van der Waals surface area contributed by atoms with E-state index in [0.717, 1.165) is 42.1 Å². The number of aromatic nitrogens is 2. The van der Waals surface area contributed by atoms with E-state index in [0.29, 0.717) is 36.6 Å². The fourth-order valence-electron chi connectivity index (χ4n) is 4.27. The van der Waals surface area contributed by atoms with E-state index in [-0.39, 0.29) is 17.9 Å². The lowest BCUT2D eigenvalue weighted by atomic mass is 10.1. The molecule has 0 bridgehead atoms. The van der Waals surface area contributed by atoms with Gasteiger partial charge < -0.3 is 10.1 Å². The van der Waals surface area contributed by atoms with Crippen molar-refractivity contribution >= 4 is 29.2 Å². The second-order valence-corrected chi connectivity index (χ2v) is 8.83. The fourth-order valence-corrected chi connectivity index (χ4v) is 4.46. The van der Waals surface area contributed by atoms with Gasteiger partial charge in [-0.3, -0.25) is 14.5 Å². The zero-order valence-electron chi connectivity index (χ0n) is 18.2. The summed E-state index contributed by atoms with van der Waals surface area (Å²) >= 11 is 6.13. The van der Waals surface area contributed by atoms with Crippen LogP contribution in [0.15, 0.2) is 54.6 Å². The SMILES string of the molecule is O=C(NCC1CCCO1)c1ccc(CN2C(=O)CCn3nc(-c4cccc(Cl)c4)cc32)cc1. The second-order valence-electron chi connectivity index (χ2n) is 8.39. The molecule has 3 heterocycles. The highest BCUT2D eigenvalue weighted by Gasteiger charge is 2.26. The first kappa shape index (κ1) is 21.7. The lowest BCUT2D eigenvalue weighted by molar-refractivity contribution is -0.119. The summed E-state index contributed by atoms with van der Waals surface area (Å²) < 4.78 is 7.42. The van der Waals surface area contributed by atoms with E-state index in [4.69, 9.17) is 16.3 Å². The van der Waals surface area contributed by atoms with Crippen LogP contribution < -0.4 is 10.2 Å². The molecule has 2 amide bonds. The Labute approximate surface area is 197 Å². The lowest BCUT2D eigenvalue weighted by Gasteiger charge is -2.27. The van der Waals surface area contributed by atoms with E-state index in [1.165, 1.54) is 0 Å². The third-order valence-corrected chi connectivity index (χ3v) is 6.30. The highest BCUT2D eigenvalue weighted by atomic mass is 35.5. The Hall–Kier alpha value is -3.16. The van der Waals surface area contributed by atoms with Crippen molar-refractivity contribution in [1.82, 2.24) is 15.1 Å².